The molecule has 0 spiro atoms. The van der Waals surface area contributed by atoms with Crippen LogP contribution in [0.15, 0.2) is 60.9 Å². The SMILES string of the molecule is Cc1cccc(NC(=O)Nc2ccc(-c3cc(CN4CCOCC4)n4ncnc(N)c34)cc2)c1.Cl. The van der Waals surface area contributed by atoms with Crippen LogP contribution in [0.5, 0.6) is 0 Å². The van der Waals surface area contributed by atoms with Crippen molar-refractivity contribution in [1.82, 2.24) is 19.5 Å². The average molecular weight is 494 g/mol. The molecule has 1 aliphatic rings. The third-order valence-corrected chi connectivity index (χ3v) is 5.88. The Morgan fingerprint density at radius 2 is 1.80 bits per heavy atom. The van der Waals surface area contributed by atoms with E-state index >= 15 is 0 Å². The molecule has 2 aromatic carbocycles. The Balaban J connectivity index is 0.00000289. The number of hydrogen-bond acceptors (Lipinski definition) is 6. The molecule has 3 heterocycles. The summed E-state index contributed by atoms with van der Waals surface area (Å²) in [6.07, 6.45) is 1.48. The first-order valence-electron chi connectivity index (χ1n) is 11.2. The lowest BCUT2D eigenvalue weighted by Gasteiger charge is -2.26. The minimum absolute atomic E-state index is 0. The number of nitrogen functional groups attached to an aromatic ring is 1. The third kappa shape index (κ3) is 5.54. The number of aryl methyl sites for hydroxylation is 1. The molecule has 5 rings (SSSR count). The summed E-state index contributed by atoms with van der Waals surface area (Å²) < 4.78 is 7.34. The van der Waals surface area contributed by atoms with E-state index in [9.17, 15) is 4.79 Å². The number of anilines is 3. The Bertz CT molecular complexity index is 1320. The second-order valence-electron chi connectivity index (χ2n) is 8.37. The molecule has 10 heteroatoms. The maximum atomic E-state index is 12.4. The van der Waals surface area contributed by atoms with Gasteiger partial charge in [0.25, 0.3) is 0 Å². The number of carbonyl (C=O) groups excluding carboxylic acids is 1. The van der Waals surface area contributed by atoms with Crippen LogP contribution in [0, 0.1) is 6.92 Å². The number of ether oxygens (including phenoxy) is 1. The zero-order valence-electron chi connectivity index (χ0n) is 19.4. The number of hydrogen-bond donors (Lipinski definition) is 3. The van der Waals surface area contributed by atoms with Crippen molar-refractivity contribution in [3.63, 3.8) is 0 Å². The lowest BCUT2D eigenvalue weighted by Crippen LogP contribution is -2.36. The Morgan fingerprint density at radius 3 is 2.54 bits per heavy atom. The number of nitrogens with two attached hydrogens (primary N) is 1. The van der Waals surface area contributed by atoms with Gasteiger partial charge in [-0.05, 0) is 48.4 Å². The molecule has 0 unspecified atom stereocenters. The molecule has 0 radical (unpaired) electrons. The number of morpholine rings is 1. The predicted molar refractivity (Wildman–Crippen MR) is 140 cm³/mol. The molecule has 1 saturated heterocycles. The Kier molecular flexibility index (Phi) is 7.50. The summed E-state index contributed by atoms with van der Waals surface area (Å²) in [5, 5.41) is 10.2. The number of amides is 2. The Morgan fingerprint density at radius 1 is 1.06 bits per heavy atom. The van der Waals surface area contributed by atoms with Crippen molar-refractivity contribution in [1.29, 1.82) is 0 Å². The summed E-state index contributed by atoms with van der Waals surface area (Å²) in [5.41, 5.74) is 12.5. The molecule has 0 atom stereocenters. The van der Waals surface area contributed by atoms with E-state index in [1.54, 1.807) is 0 Å². The number of rotatable bonds is 5. The first kappa shape index (κ1) is 24.5. The molecule has 4 aromatic rings. The van der Waals surface area contributed by atoms with E-state index in [4.69, 9.17) is 10.5 Å². The Labute approximate surface area is 209 Å². The molecular formula is C25H28ClN7O2. The van der Waals surface area contributed by atoms with Gasteiger partial charge >= 0.3 is 6.03 Å². The standard InChI is InChI=1S/C25H27N7O2.ClH/c1-17-3-2-4-20(13-17)30-25(33)29-19-7-5-18(6-8-19)22-14-21(15-31-9-11-34-12-10-31)32-23(22)24(26)27-16-28-32;/h2-8,13-14,16H,9-12,15H2,1H3,(H2,26,27,28)(H2,29,30,33);1H. The van der Waals surface area contributed by atoms with Crippen molar-refractivity contribution in [2.75, 3.05) is 42.7 Å². The number of carbonyl (C=O) groups is 1. The normalized spacial score (nSPS) is 13.9. The molecule has 1 fully saturated rings. The number of benzene rings is 2. The van der Waals surface area contributed by atoms with Crippen molar-refractivity contribution in [3.8, 4) is 11.1 Å². The minimum Gasteiger partial charge on any atom is -0.382 e. The summed E-state index contributed by atoms with van der Waals surface area (Å²) >= 11 is 0. The zero-order chi connectivity index (χ0) is 23.5. The van der Waals surface area contributed by atoms with Crippen LogP contribution in [0.3, 0.4) is 0 Å². The van der Waals surface area contributed by atoms with Gasteiger partial charge in [-0.15, -0.1) is 12.4 Å². The summed E-state index contributed by atoms with van der Waals surface area (Å²) in [4.78, 5) is 18.9. The fourth-order valence-corrected chi connectivity index (χ4v) is 4.20. The van der Waals surface area contributed by atoms with Crippen LogP contribution < -0.4 is 16.4 Å². The highest BCUT2D eigenvalue weighted by Crippen LogP contribution is 2.31. The second kappa shape index (κ2) is 10.7. The highest BCUT2D eigenvalue weighted by atomic mass is 35.5. The molecule has 182 valence electrons. The van der Waals surface area contributed by atoms with Crippen molar-refractivity contribution in [2.45, 2.75) is 13.5 Å². The quantitative estimate of drug-likeness (QED) is 0.384. The Hall–Kier alpha value is -3.66. The second-order valence-corrected chi connectivity index (χ2v) is 8.37. The number of urea groups is 1. The van der Waals surface area contributed by atoms with E-state index < -0.39 is 0 Å². The number of fused-ring (bicyclic) bond motifs is 1. The van der Waals surface area contributed by atoms with Gasteiger partial charge < -0.3 is 21.1 Å². The minimum atomic E-state index is -0.293. The van der Waals surface area contributed by atoms with Gasteiger partial charge in [0, 0.05) is 36.6 Å². The van der Waals surface area contributed by atoms with E-state index in [2.05, 4.69) is 31.7 Å². The van der Waals surface area contributed by atoms with Gasteiger partial charge in [0.05, 0.1) is 18.9 Å². The van der Waals surface area contributed by atoms with Gasteiger partial charge in [0.2, 0.25) is 0 Å². The van der Waals surface area contributed by atoms with E-state index in [0.29, 0.717) is 11.5 Å². The predicted octanol–water partition coefficient (Wildman–Crippen LogP) is 4.18. The molecule has 1 aliphatic heterocycles. The van der Waals surface area contributed by atoms with Crippen LogP contribution in [0.1, 0.15) is 11.3 Å². The first-order valence-corrected chi connectivity index (χ1v) is 11.2. The average Bonchev–Trinajstić information content (AvgIpc) is 3.20. The van der Waals surface area contributed by atoms with Gasteiger partial charge in [0.1, 0.15) is 11.8 Å². The fraction of sp³-hybridized carbons (Fsp3) is 0.240. The lowest BCUT2D eigenvalue weighted by molar-refractivity contribution is 0.0334. The fourth-order valence-electron chi connectivity index (χ4n) is 4.20. The van der Waals surface area contributed by atoms with E-state index in [-0.39, 0.29) is 18.4 Å². The highest BCUT2D eigenvalue weighted by molar-refractivity contribution is 6.00. The van der Waals surface area contributed by atoms with Gasteiger partial charge in [-0.1, -0.05) is 24.3 Å². The van der Waals surface area contributed by atoms with Gasteiger partial charge in [-0.25, -0.2) is 14.3 Å². The van der Waals surface area contributed by atoms with Gasteiger partial charge in [0.15, 0.2) is 5.82 Å². The molecule has 35 heavy (non-hydrogen) atoms. The largest absolute Gasteiger partial charge is 0.382 e. The van der Waals surface area contributed by atoms with Crippen LogP contribution in [0.4, 0.5) is 22.0 Å². The summed E-state index contributed by atoms with van der Waals surface area (Å²) in [6, 6.07) is 17.2. The topological polar surface area (TPSA) is 110 Å². The smallest absolute Gasteiger partial charge is 0.323 e. The molecular weight excluding hydrogens is 466 g/mol. The maximum Gasteiger partial charge on any atom is 0.323 e. The molecule has 2 aromatic heterocycles. The van der Waals surface area contributed by atoms with Crippen molar-refractivity contribution in [2.24, 2.45) is 0 Å². The monoisotopic (exact) mass is 493 g/mol. The number of aromatic nitrogens is 3. The van der Waals surface area contributed by atoms with Crippen LogP contribution in [-0.4, -0.2) is 51.8 Å². The first-order chi connectivity index (χ1) is 16.6. The molecule has 9 nitrogen and oxygen atoms in total. The summed E-state index contributed by atoms with van der Waals surface area (Å²) in [5.74, 6) is 0.429. The number of halogens is 1. The van der Waals surface area contributed by atoms with E-state index in [0.717, 1.165) is 66.4 Å². The summed E-state index contributed by atoms with van der Waals surface area (Å²) in [6.45, 7) is 5.97. The van der Waals surface area contributed by atoms with Crippen LogP contribution in [0.25, 0.3) is 16.6 Å². The number of nitrogens with zero attached hydrogens (tertiary/aromatic N) is 4. The van der Waals surface area contributed by atoms with Crippen molar-refractivity contribution < 1.29 is 9.53 Å². The summed E-state index contributed by atoms with van der Waals surface area (Å²) in [7, 11) is 0. The van der Waals surface area contributed by atoms with E-state index in [1.807, 2.05) is 60.0 Å². The molecule has 0 saturated carbocycles. The van der Waals surface area contributed by atoms with E-state index in [1.165, 1.54) is 6.33 Å². The molecule has 0 aliphatic carbocycles. The van der Waals surface area contributed by atoms with Gasteiger partial charge in [-0.3, -0.25) is 4.90 Å². The van der Waals surface area contributed by atoms with Gasteiger partial charge in [-0.2, -0.15) is 5.10 Å². The number of nitrogens with one attached hydrogen (secondary N) is 2. The van der Waals surface area contributed by atoms with Crippen LogP contribution >= 0.6 is 12.4 Å². The molecule has 4 N–H and O–H groups in total. The van der Waals surface area contributed by atoms with Crippen LogP contribution in [-0.2, 0) is 11.3 Å². The maximum absolute atomic E-state index is 12.4. The van der Waals surface area contributed by atoms with Crippen molar-refractivity contribution in [3.05, 3.63) is 72.2 Å². The lowest BCUT2D eigenvalue weighted by atomic mass is 10.1. The zero-order valence-corrected chi connectivity index (χ0v) is 20.2. The van der Waals surface area contributed by atoms with Crippen molar-refractivity contribution >= 4 is 41.1 Å². The molecule has 2 amide bonds. The van der Waals surface area contributed by atoms with Crippen LogP contribution in [0.2, 0.25) is 0 Å². The highest BCUT2D eigenvalue weighted by Gasteiger charge is 2.18. The third-order valence-electron chi connectivity index (χ3n) is 5.88. The molecule has 0 bridgehead atoms.